The average molecular weight is 470 g/mol. The van der Waals surface area contributed by atoms with Crippen LogP contribution < -0.4 is 5.32 Å². The molecule has 8 nitrogen and oxygen atoms in total. The summed E-state index contributed by atoms with van der Waals surface area (Å²) in [6, 6.07) is 7.04. The van der Waals surface area contributed by atoms with Gasteiger partial charge in [0.05, 0.1) is 6.54 Å². The number of benzene rings is 1. The Hall–Kier alpha value is -3.01. The third kappa shape index (κ3) is 5.16. The number of fused-ring (bicyclic) bond motifs is 1. The summed E-state index contributed by atoms with van der Waals surface area (Å²) in [7, 11) is 0. The Morgan fingerprint density at radius 1 is 1.27 bits per heavy atom. The number of rotatable bonds is 7. The minimum Gasteiger partial charge on any atom is -0.508 e. The Balaban J connectivity index is 1.28. The molecule has 9 heteroatoms. The van der Waals surface area contributed by atoms with Crippen molar-refractivity contribution in [3.63, 3.8) is 0 Å². The summed E-state index contributed by atoms with van der Waals surface area (Å²) in [6.45, 7) is 2.99. The fourth-order valence-corrected chi connectivity index (χ4v) is 5.07. The number of phenols is 1. The van der Waals surface area contributed by atoms with Crippen LogP contribution in [0.5, 0.6) is 5.75 Å². The summed E-state index contributed by atoms with van der Waals surface area (Å²) in [5.41, 5.74) is 1.89. The molecule has 0 saturated carbocycles. The fourth-order valence-electron chi connectivity index (χ4n) is 4.19. The number of nitrogens with one attached hydrogen (secondary N) is 1. The van der Waals surface area contributed by atoms with Crippen molar-refractivity contribution in [2.24, 2.45) is 11.8 Å². The van der Waals surface area contributed by atoms with Crippen molar-refractivity contribution in [1.29, 1.82) is 0 Å². The third-order valence-electron chi connectivity index (χ3n) is 6.13. The highest BCUT2D eigenvalue weighted by atomic mass is 32.1. The first-order valence-corrected chi connectivity index (χ1v) is 11.7. The molecule has 0 bridgehead atoms. The maximum Gasteiger partial charge on any atom is 0.255 e. The van der Waals surface area contributed by atoms with Gasteiger partial charge < -0.3 is 25.5 Å². The number of likely N-dealkylation sites (tertiary alicyclic amines) is 1. The van der Waals surface area contributed by atoms with Crippen LogP contribution in [0.2, 0.25) is 0 Å². The number of hydrogen-bond acceptors (Lipinski definition) is 7. The van der Waals surface area contributed by atoms with Gasteiger partial charge in [0.15, 0.2) is 12.2 Å². The van der Waals surface area contributed by atoms with E-state index in [-0.39, 0.29) is 18.2 Å². The molecule has 1 saturated heterocycles. The molecule has 0 radical (unpaired) electrons. The van der Waals surface area contributed by atoms with Gasteiger partial charge in [-0.2, -0.15) is 0 Å². The van der Waals surface area contributed by atoms with E-state index in [1.807, 2.05) is 24.3 Å². The van der Waals surface area contributed by atoms with Gasteiger partial charge in [-0.1, -0.05) is 43.4 Å². The topological polar surface area (TPSA) is 123 Å². The maximum atomic E-state index is 12.7. The SMILES string of the molecule is CC1C=CC=C2CN(C(=O)[C@H](O)[C@@H](O)C(=O)NCc3ncc(Cc4ccccc4O)s3)CC21. The molecule has 1 aliphatic heterocycles. The van der Waals surface area contributed by atoms with E-state index in [2.05, 4.69) is 23.3 Å². The molecule has 0 spiro atoms. The van der Waals surface area contributed by atoms with E-state index in [0.29, 0.717) is 30.4 Å². The molecule has 1 fully saturated rings. The van der Waals surface area contributed by atoms with Crippen LogP contribution in [0.15, 0.2) is 54.3 Å². The summed E-state index contributed by atoms with van der Waals surface area (Å²) in [4.78, 5) is 31.7. The van der Waals surface area contributed by atoms with Gasteiger partial charge in [-0.05, 0) is 23.1 Å². The summed E-state index contributed by atoms with van der Waals surface area (Å²) >= 11 is 1.37. The van der Waals surface area contributed by atoms with E-state index >= 15 is 0 Å². The van der Waals surface area contributed by atoms with Crippen LogP contribution in [0.4, 0.5) is 0 Å². The molecule has 33 heavy (non-hydrogen) atoms. The number of allylic oxidation sites excluding steroid dienone is 3. The number of para-hydroxylation sites is 1. The minimum absolute atomic E-state index is 0.0596. The van der Waals surface area contributed by atoms with Gasteiger partial charge in [-0.25, -0.2) is 4.98 Å². The highest BCUT2D eigenvalue weighted by Crippen LogP contribution is 2.33. The molecule has 2 amide bonds. The summed E-state index contributed by atoms with van der Waals surface area (Å²) in [6.07, 6.45) is 4.51. The zero-order valence-electron chi connectivity index (χ0n) is 18.2. The second kappa shape index (κ2) is 9.86. The Morgan fingerprint density at radius 3 is 2.82 bits per heavy atom. The molecule has 2 heterocycles. The maximum absolute atomic E-state index is 12.7. The lowest BCUT2D eigenvalue weighted by atomic mass is 9.86. The van der Waals surface area contributed by atoms with Gasteiger partial charge in [0.2, 0.25) is 0 Å². The minimum atomic E-state index is -1.87. The second-order valence-corrected chi connectivity index (χ2v) is 9.64. The summed E-state index contributed by atoms with van der Waals surface area (Å²) in [5.74, 6) is -0.781. The highest BCUT2D eigenvalue weighted by molar-refractivity contribution is 7.11. The molecule has 4 N–H and O–H groups in total. The first-order chi connectivity index (χ1) is 15.8. The quantitative estimate of drug-likeness (QED) is 0.486. The lowest BCUT2D eigenvalue weighted by Gasteiger charge is -2.23. The van der Waals surface area contributed by atoms with Gasteiger partial charge in [0.25, 0.3) is 11.8 Å². The molecule has 1 aromatic heterocycles. The second-order valence-electron chi connectivity index (χ2n) is 8.44. The molecule has 2 aromatic rings. The monoisotopic (exact) mass is 469 g/mol. The lowest BCUT2D eigenvalue weighted by molar-refractivity contribution is -0.152. The molecular formula is C24H27N3O5S. The van der Waals surface area contributed by atoms with Crippen LogP contribution in [0, 0.1) is 11.8 Å². The van der Waals surface area contributed by atoms with Crippen molar-refractivity contribution in [3.8, 4) is 5.75 Å². The van der Waals surface area contributed by atoms with E-state index in [9.17, 15) is 24.9 Å². The Morgan fingerprint density at radius 2 is 2.06 bits per heavy atom. The third-order valence-corrected chi connectivity index (χ3v) is 7.13. The predicted molar refractivity (Wildman–Crippen MR) is 123 cm³/mol. The number of aromatic nitrogens is 1. The average Bonchev–Trinajstić information content (AvgIpc) is 3.45. The number of aromatic hydroxyl groups is 1. The van der Waals surface area contributed by atoms with E-state index in [4.69, 9.17) is 0 Å². The lowest BCUT2D eigenvalue weighted by Crippen LogP contribution is -2.50. The van der Waals surface area contributed by atoms with Crippen molar-refractivity contribution in [2.75, 3.05) is 13.1 Å². The van der Waals surface area contributed by atoms with E-state index in [0.717, 1.165) is 16.0 Å². The Kier molecular flexibility index (Phi) is 6.92. The molecular weight excluding hydrogens is 442 g/mol. The van der Waals surface area contributed by atoms with Crippen molar-refractivity contribution in [1.82, 2.24) is 15.2 Å². The van der Waals surface area contributed by atoms with Gasteiger partial charge in [-0.15, -0.1) is 11.3 Å². The normalized spacial score (nSPS) is 21.3. The van der Waals surface area contributed by atoms with Crippen LogP contribution in [-0.2, 0) is 22.6 Å². The van der Waals surface area contributed by atoms with E-state index < -0.39 is 24.0 Å². The standard InChI is InChI=1S/C24H27N3O5S/c1-14-5-4-7-16-12-27(13-18(14)16)24(32)22(30)21(29)23(31)26-11-20-25-10-17(33-20)9-15-6-2-3-8-19(15)28/h2-8,10,14,18,21-22,28-30H,9,11-13H2,1H3,(H,26,31)/t14?,18?,21-,22-/m1/s1. The van der Waals surface area contributed by atoms with Crippen molar-refractivity contribution >= 4 is 23.2 Å². The van der Waals surface area contributed by atoms with Crippen LogP contribution in [0.25, 0.3) is 0 Å². The van der Waals surface area contributed by atoms with Gasteiger partial charge in [0, 0.05) is 36.5 Å². The summed E-state index contributed by atoms with van der Waals surface area (Å²) < 4.78 is 0. The molecule has 2 unspecified atom stereocenters. The van der Waals surface area contributed by atoms with Gasteiger partial charge in [0.1, 0.15) is 10.8 Å². The molecule has 4 rings (SSSR count). The number of aliphatic hydroxyl groups excluding tert-OH is 2. The summed E-state index contributed by atoms with van der Waals surface area (Å²) in [5, 5.41) is 33.6. The highest BCUT2D eigenvalue weighted by Gasteiger charge is 2.39. The van der Waals surface area contributed by atoms with Crippen LogP contribution in [0.3, 0.4) is 0 Å². The first-order valence-electron chi connectivity index (χ1n) is 10.8. The number of thiazole rings is 1. The number of carbonyl (C=O) groups is 2. The van der Waals surface area contributed by atoms with Crippen molar-refractivity contribution in [2.45, 2.75) is 32.1 Å². The number of amides is 2. The number of aliphatic hydroxyl groups is 2. The Labute approximate surface area is 195 Å². The fraction of sp³-hybridized carbons (Fsp3) is 0.375. The predicted octanol–water partition coefficient (Wildman–Crippen LogP) is 1.37. The number of carbonyl (C=O) groups excluding carboxylic acids is 2. The molecule has 1 aromatic carbocycles. The van der Waals surface area contributed by atoms with Crippen LogP contribution >= 0.6 is 11.3 Å². The van der Waals surface area contributed by atoms with E-state index in [1.54, 1.807) is 18.3 Å². The van der Waals surface area contributed by atoms with Gasteiger partial charge in [-0.3, -0.25) is 9.59 Å². The van der Waals surface area contributed by atoms with Crippen molar-refractivity contribution in [3.05, 3.63) is 69.7 Å². The number of phenolic OH excluding ortho intramolecular Hbond substituents is 1. The zero-order valence-corrected chi connectivity index (χ0v) is 19.0. The molecule has 2 aliphatic rings. The van der Waals surface area contributed by atoms with Crippen molar-refractivity contribution < 1.29 is 24.9 Å². The zero-order chi connectivity index (χ0) is 23.5. The largest absolute Gasteiger partial charge is 0.508 e. The van der Waals surface area contributed by atoms with Crippen LogP contribution in [0.1, 0.15) is 22.4 Å². The first kappa shape index (κ1) is 23.2. The molecule has 174 valence electrons. The van der Waals surface area contributed by atoms with Gasteiger partial charge >= 0.3 is 0 Å². The number of hydrogen-bond donors (Lipinski definition) is 4. The molecule has 1 aliphatic carbocycles. The number of nitrogens with zero attached hydrogens (tertiary/aromatic N) is 2. The smallest absolute Gasteiger partial charge is 0.255 e. The van der Waals surface area contributed by atoms with Crippen LogP contribution in [-0.4, -0.2) is 62.3 Å². The van der Waals surface area contributed by atoms with E-state index in [1.165, 1.54) is 16.2 Å². The Bertz CT molecular complexity index is 1100. The molecule has 4 atom stereocenters.